The van der Waals surface area contributed by atoms with E-state index in [-0.39, 0.29) is 12.4 Å². The third kappa shape index (κ3) is 2.07. The number of anilines is 1. The van der Waals surface area contributed by atoms with Crippen molar-refractivity contribution < 1.29 is 22.4 Å². The summed E-state index contributed by atoms with van der Waals surface area (Å²) in [6.45, 7) is -0.338. The molecule has 1 aromatic rings. The average Bonchev–Trinajstić information content (AvgIpc) is 2.87. The van der Waals surface area contributed by atoms with E-state index in [2.05, 4.69) is 4.98 Å². The summed E-state index contributed by atoms with van der Waals surface area (Å²) in [5.41, 5.74) is 4.78. The second kappa shape index (κ2) is 4.65. The predicted octanol–water partition coefficient (Wildman–Crippen LogP) is -1.92. The minimum Gasteiger partial charge on any atom is -0.394 e. The van der Waals surface area contributed by atoms with Gasteiger partial charge in [0.2, 0.25) is 0 Å². The molecule has 0 bridgehead atoms. The largest absolute Gasteiger partial charge is 0.394 e. The first kappa shape index (κ1) is 12.7. The third-order valence-corrected chi connectivity index (χ3v) is 3.73. The van der Waals surface area contributed by atoms with Crippen molar-refractivity contribution in [3.05, 3.63) is 22.7 Å². The van der Waals surface area contributed by atoms with Gasteiger partial charge in [-0.05, 0) is 6.07 Å². The second-order valence-electron chi connectivity index (χ2n) is 4.12. The molecule has 104 valence electrons. The Hall–Kier alpha value is -1.33. The lowest BCUT2D eigenvalue weighted by molar-refractivity contribution is -0.0561. The molecular formula is C9H11N3O6S. The van der Waals surface area contributed by atoms with Crippen molar-refractivity contribution in [1.29, 1.82) is 0 Å². The first-order chi connectivity index (χ1) is 9.10. The van der Waals surface area contributed by atoms with E-state index in [1.165, 1.54) is 12.3 Å². The zero-order valence-electron chi connectivity index (χ0n) is 9.54. The molecule has 2 fully saturated rings. The SMILES string of the molecule is Nc1ccn([C@H]2O[C@H](CO)[C@@H]3OS(=O)O[C@H]32)c(=O)n1. The summed E-state index contributed by atoms with van der Waals surface area (Å²) in [4.78, 5) is 15.3. The van der Waals surface area contributed by atoms with E-state index >= 15 is 0 Å². The fourth-order valence-electron chi connectivity index (χ4n) is 2.12. The highest BCUT2D eigenvalue weighted by molar-refractivity contribution is 7.75. The minimum atomic E-state index is -1.91. The van der Waals surface area contributed by atoms with Gasteiger partial charge in [-0.1, -0.05) is 0 Å². The van der Waals surface area contributed by atoms with E-state index in [9.17, 15) is 14.1 Å². The molecule has 9 nitrogen and oxygen atoms in total. The molecule has 3 heterocycles. The Morgan fingerprint density at radius 1 is 1.47 bits per heavy atom. The Morgan fingerprint density at radius 2 is 2.21 bits per heavy atom. The fourth-order valence-corrected chi connectivity index (χ4v) is 2.97. The van der Waals surface area contributed by atoms with Crippen molar-refractivity contribution in [1.82, 2.24) is 9.55 Å². The van der Waals surface area contributed by atoms with Crippen LogP contribution >= 0.6 is 0 Å². The quantitative estimate of drug-likeness (QED) is 0.645. The van der Waals surface area contributed by atoms with Gasteiger partial charge in [0.1, 0.15) is 18.0 Å². The van der Waals surface area contributed by atoms with Crippen molar-refractivity contribution in [2.24, 2.45) is 0 Å². The number of hydrogen-bond acceptors (Lipinski definition) is 8. The van der Waals surface area contributed by atoms with E-state index in [0.717, 1.165) is 4.57 Å². The van der Waals surface area contributed by atoms with Crippen LogP contribution in [0.15, 0.2) is 17.1 Å². The molecule has 3 N–H and O–H groups in total. The van der Waals surface area contributed by atoms with Crippen LogP contribution in [-0.4, -0.2) is 43.8 Å². The van der Waals surface area contributed by atoms with Gasteiger partial charge in [0.25, 0.3) is 0 Å². The molecule has 10 heteroatoms. The maximum Gasteiger partial charge on any atom is 0.351 e. The first-order valence-corrected chi connectivity index (χ1v) is 6.47. The van der Waals surface area contributed by atoms with Gasteiger partial charge in [0.15, 0.2) is 12.3 Å². The Kier molecular flexibility index (Phi) is 3.11. The molecule has 1 aromatic heterocycles. The summed E-state index contributed by atoms with van der Waals surface area (Å²) in [7, 11) is 0. The lowest BCUT2D eigenvalue weighted by Crippen LogP contribution is -2.34. The van der Waals surface area contributed by atoms with Crippen molar-refractivity contribution in [2.75, 3.05) is 12.3 Å². The zero-order valence-corrected chi connectivity index (χ0v) is 10.4. The molecule has 0 saturated carbocycles. The van der Waals surface area contributed by atoms with Crippen LogP contribution in [0.3, 0.4) is 0 Å². The van der Waals surface area contributed by atoms with Gasteiger partial charge in [-0.2, -0.15) is 9.19 Å². The lowest BCUT2D eigenvalue weighted by atomic mass is 10.1. The molecule has 0 spiro atoms. The van der Waals surface area contributed by atoms with Crippen LogP contribution in [-0.2, 0) is 24.5 Å². The molecule has 5 atom stereocenters. The van der Waals surface area contributed by atoms with E-state index in [0.29, 0.717) is 0 Å². The minimum absolute atomic E-state index is 0.0849. The van der Waals surface area contributed by atoms with Gasteiger partial charge in [0.05, 0.1) is 6.61 Å². The molecule has 3 rings (SSSR count). The van der Waals surface area contributed by atoms with E-state index in [4.69, 9.17) is 18.8 Å². The first-order valence-electron chi connectivity index (χ1n) is 5.47. The number of aromatic nitrogens is 2. The monoisotopic (exact) mass is 289 g/mol. The Labute approximate surface area is 109 Å². The highest BCUT2D eigenvalue weighted by atomic mass is 32.2. The van der Waals surface area contributed by atoms with Crippen LogP contribution in [0.25, 0.3) is 0 Å². The Morgan fingerprint density at radius 3 is 2.89 bits per heavy atom. The molecule has 0 aromatic carbocycles. The van der Waals surface area contributed by atoms with Crippen LogP contribution in [0.5, 0.6) is 0 Å². The Bertz CT molecular complexity index is 577. The van der Waals surface area contributed by atoms with Crippen molar-refractivity contribution in [2.45, 2.75) is 24.5 Å². The van der Waals surface area contributed by atoms with Gasteiger partial charge < -0.3 is 15.6 Å². The van der Waals surface area contributed by atoms with Crippen LogP contribution in [0.4, 0.5) is 5.82 Å². The number of nitrogens with two attached hydrogens (primary N) is 1. The number of nitrogens with zero attached hydrogens (tertiary/aromatic N) is 2. The molecule has 0 aliphatic carbocycles. The lowest BCUT2D eigenvalue weighted by Gasteiger charge is -2.17. The van der Waals surface area contributed by atoms with Crippen LogP contribution in [0.1, 0.15) is 6.23 Å². The molecule has 2 saturated heterocycles. The summed E-state index contributed by atoms with van der Waals surface area (Å²) >= 11 is -1.91. The summed E-state index contributed by atoms with van der Waals surface area (Å²) in [5.74, 6) is 0.0849. The van der Waals surface area contributed by atoms with Crippen LogP contribution in [0.2, 0.25) is 0 Å². The highest BCUT2D eigenvalue weighted by Gasteiger charge is 2.53. The number of nitrogen functional groups attached to an aromatic ring is 1. The summed E-state index contributed by atoms with van der Waals surface area (Å²) < 4.78 is 28.0. The number of hydrogen-bond donors (Lipinski definition) is 2. The van der Waals surface area contributed by atoms with E-state index < -0.39 is 41.6 Å². The molecule has 0 radical (unpaired) electrons. The highest BCUT2D eigenvalue weighted by Crippen LogP contribution is 2.37. The Balaban J connectivity index is 1.96. The summed E-state index contributed by atoms with van der Waals surface area (Å²) in [6.07, 6.45) is -1.63. The molecular weight excluding hydrogens is 278 g/mol. The predicted molar refractivity (Wildman–Crippen MR) is 61.8 cm³/mol. The van der Waals surface area contributed by atoms with E-state index in [1.54, 1.807) is 0 Å². The van der Waals surface area contributed by atoms with Crippen molar-refractivity contribution in [3.63, 3.8) is 0 Å². The maximum absolute atomic E-state index is 11.7. The molecule has 2 aliphatic rings. The van der Waals surface area contributed by atoms with Crippen LogP contribution < -0.4 is 11.4 Å². The summed E-state index contributed by atoms with van der Waals surface area (Å²) in [6, 6.07) is 1.43. The zero-order chi connectivity index (χ0) is 13.6. The average molecular weight is 289 g/mol. The number of ether oxygens (including phenoxy) is 1. The molecule has 19 heavy (non-hydrogen) atoms. The topological polar surface area (TPSA) is 126 Å². The maximum atomic E-state index is 11.7. The summed E-state index contributed by atoms with van der Waals surface area (Å²) in [5, 5.41) is 9.19. The molecule has 0 amide bonds. The normalized spacial score (nSPS) is 37.4. The molecule has 2 aliphatic heterocycles. The van der Waals surface area contributed by atoms with Crippen molar-refractivity contribution >= 4 is 17.2 Å². The smallest absolute Gasteiger partial charge is 0.351 e. The number of aliphatic hydroxyl groups is 1. The van der Waals surface area contributed by atoms with Gasteiger partial charge in [-0.15, -0.1) is 0 Å². The van der Waals surface area contributed by atoms with Gasteiger partial charge in [-0.25, -0.2) is 4.79 Å². The van der Waals surface area contributed by atoms with Gasteiger partial charge in [-0.3, -0.25) is 12.9 Å². The van der Waals surface area contributed by atoms with Gasteiger partial charge in [0, 0.05) is 6.20 Å². The van der Waals surface area contributed by atoms with Gasteiger partial charge >= 0.3 is 17.1 Å². The standard InChI is InChI=1S/C9H11N3O6S/c10-5-1-2-12(9(14)11-5)8-7-6(4(3-13)16-8)17-19(15)18-7/h1-2,4,6-8,13H,3H2,(H2,10,11,14)/t4-,6+,7-,8+,19?/m1/s1. The number of rotatable bonds is 2. The van der Waals surface area contributed by atoms with Crippen LogP contribution in [0, 0.1) is 0 Å². The third-order valence-electron chi connectivity index (χ3n) is 2.97. The number of aliphatic hydroxyl groups excluding tert-OH is 1. The number of fused-ring (bicyclic) bond motifs is 1. The second-order valence-corrected chi connectivity index (χ2v) is 4.91. The van der Waals surface area contributed by atoms with E-state index in [1.807, 2.05) is 0 Å². The molecule has 1 unspecified atom stereocenters. The fraction of sp³-hybridized carbons (Fsp3) is 0.556. The van der Waals surface area contributed by atoms with Crippen molar-refractivity contribution in [3.8, 4) is 0 Å².